The van der Waals surface area contributed by atoms with Gasteiger partial charge in [0, 0.05) is 25.8 Å². The third-order valence-electron chi connectivity index (χ3n) is 5.46. The molecule has 0 unspecified atom stereocenters. The Bertz CT molecular complexity index is 779. The fourth-order valence-electron chi connectivity index (χ4n) is 3.83. The first-order valence-electron chi connectivity index (χ1n) is 11.2. The second kappa shape index (κ2) is 12.6. The molecule has 0 bridgehead atoms. The van der Waals surface area contributed by atoms with Gasteiger partial charge in [-0.1, -0.05) is 43.2 Å². The summed E-state index contributed by atoms with van der Waals surface area (Å²) in [7, 11) is 0. The van der Waals surface area contributed by atoms with Gasteiger partial charge in [-0.3, -0.25) is 9.59 Å². The van der Waals surface area contributed by atoms with Crippen molar-refractivity contribution in [2.24, 2.45) is 0 Å². The maximum atomic E-state index is 12.8. The van der Waals surface area contributed by atoms with Crippen molar-refractivity contribution in [2.45, 2.75) is 76.6 Å². The number of aliphatic hydroxyl groups excluding tert-OH is 1. The Hall–Kier alpha value is -2.35. The van der Waals surface area contributed by atoms with Crippen molar-refractivity contribution < 1.29 is 32.6 Å². The zero-order chi connectivity index (χ0) is 23.6. The minimum atomic E-state index is -4.42. The number of likely N-dealkylation sites (tertiary alicyclic amines) is 1. The molecule has 1 amide bonds. The van der Waals surface area contributed by atoms with Crippen molar-refractivity contribution in [1.29, 1.82) is 0 Å². The highest BCUT2D eigenvalue weighted by molar-refractivity contribution is 5.79. The monoisotopic (exact) mass is 455 g/mol. The number of benzene rings is 1. The fourth-order valence-corrected chi connectivity index (χ4v) is 3.83. The highest BCUT2D eigenvalue weighted by atomic mass is 19.4. The average molecular weight is 456 g/mol. The molecule has 1 N–H and O–H groups in total. The Morgan fingerprint density at radius 2 is 2.03 bits per heavy atom. The molecule has 5 nitrogen and oxygen atoms in total. The quantitative estimate of drug-likeness (QED) is 0.283. The largest absolute Gasteiger partial charge is 0.466 e. The first-order valence-corrected chi connectivity index (χ1v) is 11.2. The van der Waals surface area contributed by atoms with Crippen LogP contribution in [0.25, 0.3) is 0 Å². The molecular formula is C24H32F3NO4. The van der Waals surface area contributed by atoms with Crippen molar-refractivity contribution >= 4 is 11.9 Å². The van der Waals surface area contributed by atoms with Crippen LogP contribution in [0.3, 0.4) is 0 Å². The van der Waals surface area contributed by atoms with E-state index < -0.39 is 17.8 Å². The molecule has 1 aromatic rings. The third kappa shape index (κ3) is 8.65. The summed E-state index contributed by atoms with van der Waals surface area (Å²) >= 11 is 0. The van der Waals surface area contributed by atoms with Crippen LogP contribution in [-0.2, 0) is 26.9 Å². The van der Waals surface area contributed by atoms with Crippen molar-refractivity contribution in [3.8, 4) is 0 Å². The van der Waals surface area contributed by atoms with E-state index in [1.807, 2.05) is 0 Å². The molecule has 32 heavy (non-hydrogen) atoms. The van der Waals surface area contributed by atoms with Gasteiger partial charge in [-0.15, -0.1) is 0 Å². The minimum absolute atomic E-state index is 0.0681. The fraction of sp³-hybridized carbons (Fsp3) is 0.583. The number of alkyl halides is 3. The van der Waals surface area contributed by atoms with Gasteiger partial charge in [0.25, 0.3) is 0 Å². The lowest BCUT2D eigenvalue weighted by atomic mass is 10.0. The SMILES string of the molecule is CCOC(=O)CCCCCCN1C(=O)CC[C@H]1C=C[C@H](O)Cc1cccc(C(F)(F)F)c1. The predicted octanol–water partition coefficient (Wildman–Crippen LogP) is 4.67. The van der Waals surface area contributed by atoms with Gasteiger partial charge >= 0.3 is 12.1 Å². The molecule has 1 aliphatic rings. The lowest BCUT2D eigenvalue weighted by Gasteiger charge is -2.22. The zero-order valence-electron chi connectivity index (χ0n) is 18.4. The van der Waals surface area contributed by atoms with Gasteiger partial charge in [-0.25, -0.2) is 0 Å². The number of rotatable bonds is 12. The summed E-state index contributed by atoms with van der Waals surface area (Å²) in [4.78, 5) is 25.3. The zero-order valence-corrected chi connectivity index (χ0v) is 18.4. The Labute approximate surface area is 187 Å². The van der Waals surface area contributed by atoms with E-state index in [4.69, 9.17) is 4.74 Å². The highest BCUT2D eigenvalue weighted by Crippen LogP contribution is 2.30. The summed E-state index contributed by atoms with van der Waals surface area (Å²) in [5.74, 6) is -0.116. The van der Waals surface area contributed by atoms with Gasteiger partial charge in [0.1, 0.15) is 0 Å². The number of amides is 1. The smallest absolute Gasteiger partial charge is 0.416 e. The Balaban J connectivity index is 1.78. The molecule has 1 fully saturated rings. The summed E-state index contributed by atoms with van der Waals surface area (Å²) in [6.45, 7) is 2.77. The number of halogens is 3. The van der Waals surface area contributed by atoms with E-state index in [9.17, 15) is 27.9 Å². The van der Waals surface area contributed by atoms with Crippen molar-refractivity contribution in [3.05, 3.63) is 47.5 Å². The summed E-state index contributed by atoms with van der Waals surface area (Å²) < 4.78 is 43.4. The molecule has 0 spiro atoms. The molecule has 0 radical (unpaired) electrons. The topological polar surface area (TPSA) is 66.8 Å². The number of unbranched alkanes of at least 4 members (excludes halogenated alkanes) is 3. The summed E-state index contributed by atoms with van der Waals surface area (Å²) in [6, 6.07) is 4.83. The number of ether oxygens (including phenoxy) is 1. The molecule has 1 aliphatic heterocycles. The number of carbonyl (C=O) groups is 2. The van der Waals surface area contributed by atoms with Crippen LogP contribution in [0.1, 0.15) is 63.0 Å². The molecule has 0 aliphatic carbocycles. The van der Waals surface area contributed by atoms with Crippen LogP contribution in [0.4, 0.5) is 13.2 Å². The van der Waals surface area contributed by atoms with Crippen LogP contribution in [0.2, 0.25) is 0 Å². The highest BCUT2D eigenvalue weighted by Gasteiger charge is 2.30. The molecule has 0 saturated carbocycles. The maximum absolute atomic E-state index is 12.8. The molecule has 2 rings (SSSR count). The summed E-state index contributed by atoms with van der Waals surface area (Å²) in [5, 5.41) is 10.3. The number of carbonyl (C=O) groups excluding carboxylic acids is 2. The third-order valence-corrected chi connectivity index (χ3v) is 5.46. The van der Waals surface area contributed by atoms with Crippen LogP contribution in [0.15, 0.2) is 36.4 Å². The summed E-state index contributed by atoms with van der Waals surface area (Å²) in [5.41, 5.74) is -0.333. The molecule has 0 aromatic heterocycles. The van der Waals surface area contributed by atoms with Crippen molar-refractivity contribution in [2.75, 3.05) is 13.2 Å². The second-order valence-electron chi connectivity index (χ2n) is 8.02. The van der Waals surface area contributed by atoms with E-state index in [0.29, 0.717) is 38.0 Å². The summed E-state index contributed by atoms with van der Waals surface area (Å²) in [6.07, 6.45) is 2.96. The van der Waals surface area contributed by atoms with Crippen LogP contribution in [0, 0.1) is 0 Å². The van der Waals surface area contributed by atoms with E-state index in [-0.39, 0.29) is 24.3 Å². The van der Waals surface area contributed by atoms with Gasteiger partial charge < -0.3 is 14.7 Å². The van der Waals surface area contributed by atoms with Gasteiger partial charge in [0.05, 0.1) is 24.3 Å². The van der Waals surface area contributed by atoms with Crippen LogP contribution >= 0.6 is 0 Å². The Morgan fingerprint density at radius 1 is 1.28 bits per heavy atom. The number of esters is 1. The molecule has 178 valence electrons. The molecule has 8 heteroatoms. The number of hydrogen-bond acceptors (Lipinski definition) is 4. The maximum Gasteiger partial charge on any atom is 0.416 e. The van der Waals surface area contributed by atoms with Crippen LogP contribution in [-0.4, -0.2) is 47.2 Å². The Morgan fingerprint density at radius 3 is 2.75 bits per heavy atom. The minimum Gasteiger partial charge on any atom is -0.466 e. The van der Waals surface area contributed by atoms with Crippen LogP contribution < -0.4 is 0 Å². The molecule has 1 heterocycles. The Kier molecular flexibility index (Phi) is 10.2. The molecule has 1 saturated heterocycles. The number of hydrogen-bond donors (Lipinski definition) is 1. The van der Waals surface area contributed by atoms with Crippen molar-refractivity contribution in [3.63, 3.8) is 0 Å². The number of aliphatic hydroxyl groups is 1. The lowest BCUT2D eigenvalue weighted by molar-refractivity contribution is -0.143. The second-order valence-corrected chi connectivity index (χ2v) is 8.02. The van der Waals surface area contributed by atoms with E-state index >= 15 is 0 Å². The van der Waals surface area contributed by atoms with E-state index in [0.717, 1.165) is 37.8 Å². The molecule has 1 aromatic carbocycles. The van der Waals surface area contributed by atoms with Gasteiger partial charge in [0.15, 0.2) is 0 Å². The van der Waals surface area contributed by atoms with Crippen molar-refractivity contribution in [1.82, 2.24) is 4.90 Å². The van der Waals surface area contributed by atoms with E-state index in [1.54, 1.807) is 30.0 Å². The molecule has 2 atom stereocenters. The van der Waals surface area contributed by atoms with Crippen LogP contribution in [0.5, 0.6) is 0 Å². The van der Waals surface area contributed by atoms with Gasteiger partial charge in [0.2, 0.25) is 5.91 Å². The lowest BCUT2D eigenvalue weighted by Crippen LogP contribution is -2.32. The predicted molar refractivity (Wildman–Crippen MR) is 115 cm³/mol. The van der Waals surface area contributed by atoms with E-state index in [2.05, 4.69) is 0 Å². The van der Waals surface area contributed by atoms with Gasteiger partial charge in [-0.05, 0) is 37.8 Å². The standard InChI is InChI=1S/C24H32F3NO4/c1-2-32-23(31)10-5-3-4-6-15-28-20(12-14-22(28)30)11-13-21(29)17-18-8-7-9-19(16-18)24(25,26)27/h7-9,11,13,16,20-21,29H,2-6,10,12,14-15,17H2,1H3/t20-,21+/m1/s1. The first kappa shape index (κ1) is 25.9. The van der Waals surface area contributed by atoms with Gasteiger partial charge in [-0.2, -0.15) is 13.2 Å². The number of nitrogens with zero attached hydrogens (tertiary/aromatic N) is 1. The molecular weight excluding hydrogens is 423 g/mol. The normalized spacial score (nSPS) is 17.8. The van der Waals surface area contributed by atoms with E-state index in [1.165, 1.54) is 6.07 Å². The average Bonchev–Trinajstić information content (AvgIpc) is 3.08. The first-order chi connectivity index (χ1) is 15.2.